The van der Waals surface area contributed by atoms with E-state index in [2.05, 4.69) is 31.4 Å². The molecule has 0 unspecified atom stereocenters. The van der Waals surface area contributed by atoms with Gasteiger partial charge in [-0.3, -0.25) is 9.59 Å². The number of piperidine rings is 1. The number of carbonyl (C=O) groups excluding carboxylic acids is 2. The van der Waals surface area contributed by atoms with E-state index < -0.39 is 0 Å². The molecule has 2 N–H and O–H groups in total. The first-order valence-electron chi connectivity index (χ1n) is 8.84. The van der Waals surface area contributed by atoms with Gasteiger partial charge >= 0.3 is 0 Å². The summed E-state index contributed by atoms with van der Waals surface area (Å²) in [7, 11) is 0. The van der Waals surface area contributed by atoms with Gasteiger partial charge in [0.1, 0.15) is 0 Å². The molecule has 0 saturated carbocycles. The highest BCUT2D eigenvalue weighted by atomic mass is 16.2. The van der Waals surface area contributed by atoms with Crippen LogP contribution in [-0.4, -0.2) is 48.9 Å². The summed E-state index contributed by atoms with van der Waals surface area (Å²) >= 11 is 0. The SMILES string of the molecule is CC(C)(C)/C=C/C(=O)N1CCC[C@@H](CNC(=O)[C@H]2CCCN2)C1. The summed E-state index contributed by atoms with van der Waals surface area (Å²) in [5, 5.41) is 6.27. The van der Waals surface area contributed by atoms with E-state index in [0.717, 1.165) is 45.3 Å². The van der Waals surface area contributed by atoms with E-state index in [-0.39, 0.29) is 23.3 Å². The molecule has 5 nitrogen and oxygen atoms in total. The number of hydrogen-bond donors (Lipinski definition) is 2. The van der Waals surface area contributed by atoms with E-state index in [1.807, 2.05) is 11.0 Å². The van der Waals surface area contributed by atoms with Gasteiger partial charge in [0.15, 0.2) is 0 Å². The van der Waals surface area contributed by atoms with Gasteiger partial charge in [0.2, 0.25) is 11.8 Å². The van der Waals surface area contributed by atoms with E-state index in [1.54, 1.807) is 6.08 Å². The lowest BCUT2D eigenvalue weighted by Gasteiger charge is -2.32. The highest BCUT2D eigenvalue weighted by molar-refractivity contribution is 5.87. The zero-order chi connectivity index (χ0) is 16.9. The molecule has 2 aliphatic heterocycles. The zero-order valence-corrected chi connectivity index (χ0v) is 14.7. The van der Waals surface area contributed by atoms with Crippen LogP contribution in [0.25, 0.3) is 0 Å². The number of likely N-dealkylation sites (tertiary alicyclic amines) is 1. The monoisotopic (exact) mass is 321 g/mol. The third kappa shape index (κ3) is 5.98. The topological polar surface area (TPSA) is 61.4 Å². The van der Waals surface area contributed by atoms with Crippen molar-refractivity contribution < 1.29 is 9.59 Å². The Hall–Kier alpha value is -1.36. The number of amides is 2. The number of hydrogen-bond acceptors (Lipinski definition) is 3. The molecule has 0 aromatic heterocycles. The molecule has 5 heteroatoms. The lowest BCUT2D eigenvalue weighted by Crippen LogP contribution is -2.46. The Kier molecular flexibility index (Phi) is 6.22. The number of nitrogens with zero attached hydrogens (tertiary/aromatic N) is 1. The van der Waals surface area contributed by atoms with Crippen molar-refractivity contribution in [2.24, 2.45) is 11.3 Å². The molecule has 2 aliphatic rings. The molecule has 23 heavy (non-hydrogen) atoms. The Morgan fingerprint density at radius 1 is 1.26 bits per heavy atom. The molecule has 2 atom stereocenters. The van der Waals surface area contributed by atoms with E-state index in [0.29, 0.717) is 12.5 Å². The molecule has 0 bridgehead atoms. The fourth-order valence-corrected chi connectivity index (χ4v) is 3.14. The number of rotatable bonds is 4. The summed E-state index contributed by atoms with van der Waals surface area (Å²) in [6.45, 7) is 9.43. The number of nitrogens with one attached hydrogen (secondary N) is 2. The summed E-state index contributed by atoms with van der Waals surface area (Å²) in [5.41, 5.74) is 0.0209. The van der Waals surface area contributed by atoms with Crippen molar-refractivity contribution in [3.63, 3.8) is 0 Å². The third-order valence-corrected chi connectivity index (χ3v) is 4.50. The van der Waals surface area contributed by atoms with Crippen LogP contribution in [0.15, 0.2) is 12.2 Å². The third-order valence-electron chi connectivity index (χ3n) is 4.50. The normalized spacial score (nSPS) is 25.8. The summed E-state index contributed by atoms with van der Waals surface area (Å²) in [4.78, 5) is 26.2. The molecule has 2 saturated heterocycles. The van der Waals surface area contributed by atoms with Crippen LogP contribution in [0.2, 0.25) is 0 Å². The molecule has 2 fully saturated rings. The van der Waals surface area contributed by atoms with Crippen LogP contribution in [0.5, 0.6) is 0 Å². The van der Waals surface area contributed by atoms with Crippen LogP contribution in [0, 0.1) is 11.3 Å². The predicted molar refractivity (Wildman–Crippen MR) is 91.9 cm³/mol. The minimum absolute atomic E-state index is 0.0209. The molecule has 0 aromatic carbocycles. The second-order valence-electron chi connectivity index (χ2n) is 7.89. The number of allylic oxidation sites excluding steroid dienone is 1. The Balaban J connectivity index is 1.77. The van der Waals surface area contributed by atoms with Gasteiger partial charge < -0.3 is 15.5 Å². The maximum absolute atomic E-state index is 12.3. The van der Waals surface area contributed by atoms with Gasteiger partial charge in [-0.1, -0.05) is 26.8 Å². The first kappa shape index (κ1) is 18.0. The van der Waals surface area contributed by atoms with Crippen LogP contribution in [-0.2, 0) is 9.59 Å². The van der Waals surface area contributed by atoms with Crippen LogP contribution >= 0.6 is 0 Å². The second kappa shape index (κ2) is 7.95. The maximum atomic E-state index is 12.3. The van der Waals surface area contributed by atoms with E-state index in [1.165, 1.54) is 0 Å². The van der Waals surface area contributed by atoms with Crippen molar-refractivity contribution in [2.45, 2.75) is 52.5 Å². The van der Waals surface area contributed by atoms with Crippen molar-refractivity contribution in [3.8, 4) is 0 Å². The van der Waals surface area contributed by atoms with Crippen molar-refractivity contribution in [1.29, 1.82) is 0 Å². The van der Waals surface area contributed by atoms with Crippen molar-refractivity contribution in [3.05, 3.63) is 12.2 Å². The maximum Gasteiger partial charge on any atom is 0.246 e. The standard InChI is InChI=1S/C18H31N3O2/c1-18(2,3)9-8-16(22)21-11-5-6-14(13-21)12-20-17(23)15-7-4-10-19-15/h8-9,14-15,19H,4-7,10-13H2,1-3H3,(H,20,23)/b9-8+/t14-,15+/m0/s1. The Morgan fingerprint density at radius 2 is 2.04 bits per heavy atom. The number of carbonyl (C=O) groups is 2. The Labute approximate surface area is 139 Å². The lowest BCUT2D eigenvalue weighted by molar-refractivity contribution is -0.127. The minimum Gasteiger partial charge on any atom is -0.354 e. The quantitative estimate of drug-likeness (QED) is 0.775. The summed E-state index contributed by atoms with van der Waals surface area (Å²) in [6.07, 6.45) is 7.75. The first-order chi connectivity index (χ1) is 10.8. The molecular formula is C18H31N3O2. The predicted octanol–water partition coefficient (Wildman–Crippen LogP) is 1.70. The molecular weight excluding hydrogens is 290 g/mol. The average Bonchev–Trinajstić information content (AvgIpc) is 3.04. The van der Waals surface area contributed by atoms with Gasteiger partial charge in [-0.15, -0.1) is 0 Å². The average molecular weight is 321 g/mol. The van der Waals surface area contributed by atoms with Crippen LogP contribution < -0.4 is 10.6 Å². The van der Waals surface area contributed by atoms with Gasteiger partial charge in [-0.25, -0.2) is 0 Å². The molecule has 0 aliphatic carbocycles. The Bertz CT molecular complexity index is 448. The fourth-order valence-electron chi connectivity index (χ4n) is 3.14. The minimum atomic E-state index is -0.0222. The molecule has 2 amide bonds. The van der Waals surface area contributed by atoms with Gasteiger partial charge in [-0.2, -0.15) is 0 Å². The molecule has 0 radical (unpaired) electrons. The smallest absolute Gasteiger partial charge is 0.246 e. The molecule has 130 valence electrons. The van der Waals surface area contributed by atoms with Gasteiger partial charge in [0, 0.05) is 19.6 Å². The van der Waals surface area contributed by atoms with Gasteiger partial charge in [-0.05, 0) is 49.6 Å². The van der Waals surface area contributed by atoms with Gasteiger partial charge in [0.25, 0.3) is 0 Å². The Morgan fingerprint density at radius 3 is 2.70 bits per heavy atom. The summed E-state index contributed by atoms with van der Waals surface area (Å²) in [6, 6.07) is -0.0222. The molecule has 2 heterocycles. The van der Waals surface area contributed by atoms with Crippen molar-refractivity contribution >= 4 is 11.8 Å². The summed E-state index contributed by atoms with van der Waals surface area (Å²) in [5.74, 6) is 0.563. The molecule has 0 aromatic rings. The largest absolute Gasteiger partial charge is 0.354 e. The fraction of sp³-hybridized carbons (Fsp3) is 0.778. The first-order valence-corrected chi connectivity index (χ1v) is 8.84. The molecule has 0 spiro atoms. The van der Waals surface area contributed by atoms with Crippen LogP contribution in [0.4, 0.5) is 0 Å². The van der Waals surface area contributed by atoms with E-state index in [9.17, 15) is 9.59 Å². The zero-order valence-electron chi connectivity index (χ0n) is 14.7. The highest BCUT2D eigenvalue weighted by Crippen LogP contribution is 2.18. The highest BCUT2D eigenvalue weighted by Gasteiger charge is 2.25. The van der Waals surface area contributed by atoms with E-state index >= 15 is 0 Å². The lowest BCUT2D eigenvalue weighted by atomic mass is 9.95. The van der Waals surface area contributed by atoms with E-state index in [4.69, 9.17) is 0 Å². The van der Waals surface area contributed by atoms with Crippen molar-refractivity contribution in [1.82, 2.24) is 15.5 Å². The van der Waals surface area contributed by atoms with Crippen molar-refractivity contribution in [2.75, 3.05) is 26.2 Å². The van der Waals surface area contributed by atoms with Gasteiger partial charge in [0.05, 0.1) is 6.04 Å². The summed E-state index contributed by atoms with van der Waals surface area (Å²) < 4.78 is 0. The molecule has 2 rings (SSSR count). The second-order valence-corrected chi connectivity index (χ2v) is 7.89. The van der Waals surface area contributed by atoms with Crippen LogP contribution in [0.3, 0.4) is 0 Å². The van der Waals surface area contributed by atoms with Crippen LogP contribution in [0.1, 0.15) is 46.5 Å².